The van der Waals surface area contributed by atoms with Crippen molar-refractivity contribution in [3.8, 4) is 0 Å². The highest BCUT2D eigenvalue weighted by Crippen LogP contribution is 2.28. The van der Waals surface area contributed by atoms with Crippen LogP contribution in [0.1, 0.15) is 32.1 Å². The zero-order chi connectivity index (χ0) is 11.3. The summed E-state index contributed by atoms with van der Waals surface area (Å²) in [7, 11) is 2.82. The lowest BCUT2D eigenvalue weighted by Crippen LogP contribution is -2.17. The Kier molecular flexibility index (Phi) is 4.59. The van der Waals surface area contributed by atoms with Crippen molar-refractivity contribution in [3.63, 3.8) is 0 Å². The van der Waals surface area contributed by atoms with E-state index < -0.39 is 0 Å². The molecule has 86 valence electrons. The van der Waals surface area contributed by atoms with Crippen LogP contribution in [0.3, 0.4) is 0 Å². The van der Waals surface area contributed by atoms with E-state index in [1.54, 1.807) is 0 Å². The molecule has 0 amide bonds. The molecule has 1 saturated carbocycles. The van der Waals surface area contributed by atoms with E-state index in [1.165, 1.54) is 14.2 Å². The minimum atomic E-state index is -0.152. The van der Waals surface area contributed by atoms with Gasteiger partial charge >= 0.3 is 11.9 Å². The van der Waals surface area contributed by atoms with Crippen molar-refractivity contribution in [2.75, 3.05) is 14.2 Å². The Labute approximate surface area is 89.9 Å². The van der Waals surface area contributed by atoms with Gasteiger partial charge in [0.15, 0.2) is 0 Å². The number of ether oxygens (including phenoxy) is 2. The van der Waals surface area contributed by atoms with Crippen molar-refractivity contribution in [2.45, 2.75) is 32.1 Å². The van der Waals surface area contributed by atoms with Crippen LogP contribution < -0.4 is 0 Å². The Bertz CT molecular complexity index is 213. The van der Waals surface area contributed by atoms with Crippen molar-refractivity contribution in [1.29, 1.82) is 0 Å². The molecule has 1 aliphatic rings. The molecule has 2 unspecified atom stereocenters. The van der Waals surface area contributed by atoms with Crippen molar-refractivity contribution in [3.05, 3.63) is 0 Å². The lowest BCUT2D eigenvalue weighted by atomic mass is 9.98. The molecule has 0 aliphatic heterocycles. The van der Waals surface area contributed by atoms with Crippen LogP contribution in [0.5, 0.6) is 0 Å². The Morgan fingerprint density at radius 1 is 0.867 bits per heavy atom. The van der Waals surface area contributed by atoms with Gasteiger partial charge in [0.25, 0.3) is 0 Å². The van der Waals surface area contributed by atoms with E-state index in [1.807, 2.05) is 0 Å². The van der Waals surface area contributed by atoms with Gasteiger partial charge in [-0.05, 0) is 25.7 Å². The quantitative estimate of drug-likeness (QED) is 0.516. The third-order valence-corrected chi connectivity index (χ3v) is 3.04. The summed E-state index contributed by atoms with van der Waals surface area (Å²) < 4.78 is 9.42. The smallest absolute Gasteiger partial charge is 0.308 e. The molecule has 0 bridgehead atoms. The molecule has 15 heavy (non-hydrogen) atoms. The molecule has 4 heteroatoms. The second-order valence-corrected chi connectivity index (χ2v) is 3.95. The predicted octanol–water partition coefficient (Wildman–Crippen LogP) is 1.53. The number of carbonyl (C=O) groups is 2. The van der Waals surface area contributed by atoms with Gasteiger partial charge in [-0.25, -0.2) is 0 Å². The zero-order valence-electron chi connectivity index (χ0n) is 9.32. The van der Waals surface area contributed by atoms with Crippen molar-refractivity contribution >= 4 is 11.9 Å². The lowest BCUT2D eigenvalue weighted by Gasteiger charge is -2.11. The Hall–Kier alpha value is -1.06. The molecule has 0 aromatic heterocycles. The monoisotopic (exact) mass is 214 g/mol. The highest BCUT2D eigenvalue weighted by molar-refractivity contribution is 5.74. The highest BCUT2D eigenvalue weighted by atomic mass is 16.5. The minimum absolute atomic E-state index is 0.0374. The summed E-state index contributed by atoms with van der Waals surface area (Å²) in [5.41, 5.74) is 0. The first-order valence-corrected chi connectivity index (χ1v) is 5.34. The largest absolute Gasteiger partial charge is 0.469 e. The second kappa shape index (κ2) is 5.73. The van der Waals surface area contributed by atoms with Crippen LogP contribution >= 0.6 is 0 Å². The van der Waals surface area contributed by atoms with Gasteiger partial charge in [0, 0.05) is 0 Å². The van der Waals surface area contributed by atoms with Crippen LogP contribution in [0.4, 0.5) is 0 Å². The fraction of sp³-hybridized carbons (Fsp3) is 0.818. The molecule has 2 atom stereocenters. The first kappa shape index (κ1) is 12.0. The van der Waals surface area contributed by atoms with Crippen LogP contribution in [0.2, 0.25) is 0 Å². The van der Waals surface area contributed by atoms with E-state index in [-0.39, 0.29) is 23.8 Å². The van der Waals surface area contributed by atoms with Crippen molar-refractivity contribution in [2.24, 2.45) is 11.8 Å². The van der Waals surface area contributed by atoms with Crippen LogP contribution in [-0.4, -0.2) is 26.2 Å². The molecule has 0 N–H and O–H groups in total. The van der Waals surface area contributed by atoms with Gasteiger partial charge in [0.2, 0.25) is 0 Å². The molecule has 0 heterocycles. The standard InChI is InChI=1S/C11H18O4/c1-14-10(12)8-4-3-5-9(7-6-8)11(13)15-2/h8-9H,3-7H2,1-2H3. The maximum Gasteiger partial charge on any atom is 0.308 e. The number of hydrogen-bond donors (Lipinski definition) is 0. The molecule has 1 aliphatic carbocycles. The average Bonchev–Trinajstić information content (AvgIpc) is 2.52. The van der Waals surface area contributed by atoms with Crippen LogP contribution in [-0.2, 0) is 19.1 Å². The van der Waals surface area contributed by atoms with Crippen molar-refractivity contribution in [1.82, 2.24) is 0 Å². The number of rotatable bonds is 2. The van der Waals surface area contributed by atoms with Gasteiger partial charge in [-0.2, -0.15) is 0 Å². The van der Waals surface area contributed by atoms with E-state index in [9.17, 15) is 9.59 Å². The predicted molar refractivity (Wildman–Crippen MR) is 54.1 cm³/mol. The van der Waals surface area contributed by atoms with E-state index in [0.29, 0.717) is 0 Å². The maximum atomic E-state index is 11.3. The highest BCUT2D eigenvalue weighted by Gasteiger charge is 2.28. The maximum absolute atomic E-state index is 11.3. The number of methoxy groups -OCH3 is 2. The first-order chi connectivity index (χ1) is 7.19. The van der Waals surface area contributed by atoms with E-state index in [2.05, 4.69) is 0 Å². The van der Waals surface area contributed by atoms with Gasteiger partial charge in [0.05, 0.1) is 26.1 Å². The van der Waals surface area contributed by atoms with Gasteiger partial charge in [-0.1, -0.05) is 6.42 Å². The summed E-state index contributed by atoms with van der Waals surface area (Å²) >= 11 is 0. The fourth-order valence-electron chi connectivity index (χ4n) is 2.11. The second-order valence-electron chi connectivity index (χ2n) is 3.95. The molecule has 0 spiro atoms. The molecular weight excluding hydrogens is 196 g/mol. The molecular formula is C11H18O4. The van der Waals surface area contributed by atoms with Crippen LogP contribution in [0, 0.1) is 11.8 Å². The SMILES string of the molecule is COC(=O)C1CCCC(C(=O)OC)CC1. The van der Waals surface area contributed by atoms with Gasteiger partial charge in [0.1, 0.15) is 0 Å². The topological polar surface area (TPSA) is 52.6 Å². The Morgan fingerprint density at radius 3 is 1.60 bits per heavy atom. The molecule has 0 aromatic carbocycles. The summed E-state index contributed by atoms with van der Waals surface area (Å²) in [6.45, 7) is 0. The summed E-state index contributed by atoms with van der Waals surface area (Å²) in [4.78, 5) is 22.7. The van der Waals surface area contributed by atoms with E-state index in [4.69, 9.17) is 9.47 Å². The number of esters is 2. The van der Waals surface area contributed by atoms with E-state index in [0.717, 1.165) is 32.1 Å². The van der Waals surface area contributed by atoms with Gasteiger partial charge in [-0.3, -0.25) is 9.59 Å². The zero-order valence-corrected chi connectivity index (χ0v) is 9.32. The molecule has 1 rings (SSSR count). The normalized spacial score (nSPS) is 26.5. The summed E-state index contributed by atoms with van der Waals surface area (Å²) in [5.74, 6) is -0.379. The fourth-order valence-corrected chi connectivity index (χ4v) is 2.11. The number of hydrogen-bond acceptors (Lipinski definition) is 4. The van der Waals surface area contributed by atoms with Gasteiger partial charge < -0.3 is 9.47 Å². The minimum Gasteiger partial charge on any atom is -0.469 e. The number of carbonyl (C=O) groups excluding carboxylic acids is 2. The Balaban J connectivity index is 2.48. The molecule has 4 nitrogen and oxygen atoms in total. The van der Waals surface area contributed by atoms with Crippen LogP contribution in [0.25, 0.3) is 0 Å². The summed E-state index contributed by atoms with van der Waals surface area (Å²) in [6.07, 6.45) is 3.98. The average molecular weight is 214 g/mol. The molecule has 0 saturated heterocycles. The third kappa shape index (κ3) is 3.22. The van der Waals surface area contributed by atoms with Crippen LogP contribution in [0.15, 0.2) is 0 Å². The molecule has 0 radical (unpaired) electrons. The van der Waals surface area contributed by atoms with Crippen molar-refractivity contribution < 1.29 is 19.1 Å². The van der Waals surface area contributed by atoms with E-state index >= 15 is 0 Å². The molecule has 0 aromatic rings. The van der Waals surface area contributed by atoms with Gasteiger partial charge in [-0.15, -0.1) is 0 Å². The lowest BCUT2D eigenvalue weighted by molar-refractivity contribution is -0.147. The summed E-state index contributed by atoms with van der Waals surface area (Å²) in [5, 5.41) is 0. The third-order valence-electron chi connectivity index (χ3n) is 3.04. The Morgan fingerprint density at radius 2 is 1.27 bits per heavy atom. The first-order valence-electron chi connectivity index (χ1n) is 5.34. The summed E-state index contributed by atoms with van der Waals surface area (Å²) in [6, 6.07) is 0. The molecule has 1 fully saturated rings.